The summed E-state index contributed by atoms with van der Waals surface area (Å²) in [5.41, 5.74) is 1.13. The highest BCUT2D eigenvalue weighted by atomic mass is 17.2. The molecular formula is C11H15NO3. The molecule has 0 aromatic heterocycles. The topological polar surface area (TPSA) is 47.6 Å². The Morgan fingerprint density at radius 1 is 1.40 bits per heavy atom. The molecule has 0 atom stereocenters. The molecular weight excluding hydrogens is 194 g/mol. The van der Waals surface area contributed by atoms with Crippen LogP contribution >= 0.6 is 0 Å². The molecule has 0 aliphatic carbocycles. The second kappa shape index (κ2) is 5.24. The number of hydrogen-bond donors (Lipinski definition) is 1. The molecule has 0 heterocycles. The van der Waals surface area contributed by atoms with Crippen LogP contribution < -0.4 is 10.2 Å². The summed E-state index contributed by atoms with van der Waals surface area (Å²) in [4.78, 5) is 20.0. The Balaban J connectivity index is 2.61. The van der Waals surface area contributed by atoms with E-state index >= 15 is 0 Å². The van der Waals surface area contributed by atoms with Gasteiger partial charge in [0.1, 0.15) is 0 Å². The molecule has 0 bridgehead atoms. The first-order valence-electron chi connectivity index (χ1n) is 4.79. The summed E-state index contributed by atoms with van der Waals surface area (Å²) in [6.45, 7) is 4.16. The molecule has 0 spiro atoms. The number of carbonyl (C=O) groups excluding carboxylic acids is 1. The molecule has 0 aliphatic heterocycles. The Bertz CT molecular complexity index is 336. The molecule has 0 saturated heterocycles. The number of nitrogens with one attached hydrogen (secondary N) is 1. The largest absolute Gasteiger partial charge is 0.450 e. The molecule has 4 nitrogen and oxygen atoms in total. The van der Waals surface area contributed by atoms with Crippen LogP contribution in [0.1, 0.15) is 25.3 Å². The standard InChI is InChI=1S/C11H15NO3/c1-8(2)9-5-4-6-10(7-9)14-15-11(13)12-3/h4-8H,1-3H3,(H,12,13). The third kappa shape index (κ3) is 3.50. The first-order valence-corrected chi connectivity index (χ1v) is 4.79. The summed E-state index contributed by atoms with van der Waals surface area (Å²) in [5, 5.41) is 2.29. The fraction of sp³-hybridized carbons (Fsp3) is 0.364. The molecule has 15 heavy (non-hydrogen) atoms. The lowest BCUT2D eigenvalue weighted by atomic mass is 10.0. The average Bonchev–Trinajstić information content (AvgIpc) is 2.26. The van der Waals surface area contributed by atoms with Gasteiger partial charge in [0.15, 0.2) is 5.75 Å². The van der Waals surface area contributed by atoms with E-state index in [4.69, 9.17) is 4.89 Å². The fourth-order valence-electron chi connectivity index (χ4n) is 1.05. The van der Waals surface area contributed by atoms with E-state index in [2.05, 4.69) is 24.1 Å². The highest BCUT2D eigenvalue weighted by molar-refractivity contribution is 5.66. The third-order valence-corrected chi connectivity index (χ3v) is 1.94. The average molecular weight is 209 g/mol. The fourth-order valence-corrected chi connectivity index (χ4v) is 1.05. The molecule has 0 saturated carbocycles. The lowest BCUT2D eigenvalue weighted by molar-refractivity contribution is -0.141. The highest BCUT2D eigenvalue weighted by Crippen LogP contribution is 2.20. The van der Waals surface area contributed by atoms with Gasteiger partial charge in [-0.2, -0.15) is 0 Å². The van der Waals surface area contributed by atoms with Gasteiger partial charge in [-0.05, 0) is 23.6 Å². The normalized spacial score (nSPS) is 9.87. The minimum absolute atomic E-state index is 0.411. The van der Waals surface area contributed by atoms with Gasteiger partial charge in [-0.25, -0.2) is 9.68 Å². The van der Waals surface area contributed by atoms with Crippen molar-refractivity contribution in [3.05, 3.63) is 29.8 Å². The minimum atomic E-state index is -0.620. The third-order valence-electron chi connectivity index (χ3n) is 1.94. The number of carbonyl (C=O) groups is 1. The molecule has 0 aliphatic rings. The van der Waals surface area contributed by atoms with Gasteiger partial charge in [-0.3, -0.25) is 4.89 Å². The van der Waals surface area contributed by atoms with Crippen molar-refractivity contribution >= 4 is 6.09 Å². The predicted octanol–water partition coefficient (Wildman–Crippen LogP) is 2.46. The maximum absolute atomic E-state index is 10.7. The van der Waals surface area contributed by atoms with Crippen LogP contribution in [0, 0.1) is 0 Å². The van der Waals surface area contributed by atoms with Crippen LogP contribution in [0.25, 0.3) is 0 Å². The maximum atomic E-state index is 10.7. The first-order chi connectivity index (χ1) is 7.13. The molecule has 1 rings (SSSR count). The van der Waals surface area contributed by atoms with Crippen LogP contribution in [-0.4, -0.2) is 13.1 Å². The van der Waals surface area contributed by atoms with Gasteiger partial charge in [0.25, 0.3) is 0 Å². The smallest absolute Gasteiger partial charge is 0.321 e. The van der Waals surface area contributed by atoms with Crippen molar-refractivity contribution in [3.63, 3.8) is 0 Å². The monoisotopic (exact) mass is 209 g/mol. The zero-order valence-corrected chi connectivity index (χ0v) is 9.11. The van der Waals surface area contributed by atoms with Crippen LogP contribution in [0.3, 0.4) is 0 Å². The molecule has 0 fully saturated rings. The van der Waals surface area contributed by atoms with Crippen LogP contribution in [0.15, 0.2) is 24.3 Å². The van der Waals surface area contributed by atoms with Crippen molar-refractivity contribution in [1.29, 1.82) is 0 Å². The second-order valence-electron chi connectivity index (χ2n) is 3.43. The highest BCUT2D eigenvalue weighted by Gasteiger charge is 2.04. The molecule has 0 radical (unpaired) electrons. The van der Waals surface area contributed by atoms with E-state index in [0.717, 1.165) is 5.56 Å². The number of benzene rings is 1. The maximum Gasteiger partial charge on any atom is 0.450 e. The van der Waals surface area contributed by atoms with E-state index in [9.17, 15) is 4.79 Å². The van der Waals surface area contributed by atoms with Crippen molar-refractivity contribution in [2.24, 2.45) is 0 Å². The van der Waals surface area contributed by atoms with Crippen LogP contribution in [0.2, 0.25) is 0 Å². The minimum Gasteiger partial charge on any atom is -0.321 e. The van der Waals surface area contributed by atoms with E-state index in [0.29, 0.717) is 11.7 Å². The molecule has 1 aromatic carbocycles. The Hall–Kier alpha value is -1.71. The molecule has 1 amide bonds. The van der Waals surface area contributed by atoms with Gasteiger partial charge in [0.05, 0.1) is 0 Å². The van der Waals surface area contributed by atoms with Crippen molar-refractivity contribution in [2.75, 3.05) is 7.05 Å². The van der Waals surface area contributed by atoms with E-state index in [1.165, 1.54) is 7.05 Å². The van der Waals surface area contributed by atoms with Crippen LogP contribution in [-0.2, 0) is 4.89 Å². The Morgan fingerprint density at radius 2 is 2.13 bits per heavy atom. The van der Waals surface area contributed by atoms with Crippen LogP contribution in [0.4, 0.5) is 4.79 Å². The molecule has 0 unspecified atom stereocenters. The van der Waals surface area contributed by atoms with E-state index < -0.39 is 6.09 Å². The van der Waals surface area contributed by atoms with Gasteiger partial charge < -0.3 is 5.32 Å². The lowest BCUT2D eigenvalue weighted by Gasteiger charge is -2.07. The number of amides is 1. The van der Waals surface area contributed by atoms with E-state index in [1.54, 1.807) is 6.07 Å². The van der Waals surface area contributed by atoms with Crippen LogP contribution in [0.5, 0.6) is 5.75 Å². The predicted molar refractivity (Wildman–Crippen MR) is 56.7 cm³/mol. The summed E-state index contributed by atoms with van der Waals surface area (Å²) in [6, 6.07) is 7.43. The van der Waals surface area contributed by atoms with Gasteiger partial charge in [0, 0.05) is 7.05 Å². The summed E-state index contributed by atoms with van der Waals surface area (Å²) < 4.78 is 0. The molecule has 1 aromatic rings. The summed E-state index contributed by atoms with van der Waals surface area (Å²) in [5.74, 6) is 0.929. The van der Waals surface area contributed by atoms with Crippen molar-refractivity contribution in [2.45, 2.75) is 19.8 Å². The SMILES string of the molecule is CNC(=O)OOc1cccc(C(C)C)c1. The Kier molecular flexibility index (Phi) is 3.97. The summed E-state index contributed by atoms with van der Waals surface area (Å²) in [7, 11) is 1.47. The summed E-state index contributed by atoms with van der Waals surface area (Å²) in [6.07, 6.45) is -0.620. The van der Waals surface area contributed by atoms with Gasteiger partial charge in [-0.15, -0.1) is 0 Å². The zero-order chi connectivity index (χ0) is 11.3. The van der Waals surface area contributed by atoms with Crippen molar-refractivity contribution < 1.29 is 14.6 Å². The number of hydrogen-bond acceptors (Lipinski definition) is 3. The lowest BCUT2D eigenvalue weighted by Crippen LogP contribution is -2.20. The van der Waals surface area contributed by atoms with Crippen molar-refractivity contribution in [1.82, 2.24) is 5.32 Å². The zero-order valence-electron chi connectivity index (χ0n) is 9.11. The molecule has 1 N–H and O–H groups in total. The Labute approximate surface area is 89.1 Å². The first kappa shape index (κ1) is 11.4. The number of rotatable bonds is 3. The molecule has 4 heteroatoms. The van der Waals surface area contributed by atoms with E-state index in [-0.39, 0.29) is 0 Å². The van der Waals surface area contributed by atoms with Crippen molar-refractivity contribution in [3.8, 4) is 5.75 Å². The van der Waals surface area contributed by atoms with E-state index in [1.807, 2.05) is 18.2 Å². The van der Waals surface area contributed by atoms with Gasteiger partial charge in [-0.1, -0.05) is 26.0 Å². The van der Waals surface area contributed by atoms with Gasteiger partial charge in [0.2, 0.25) is 0 Å². The summed E-state index contributed by atoms with van der Waals surface area (Å²) >= 11 is 0. The molecule has 82 valence electrons. The second-order valence-corrected chi connectivity index (χ2v) is 3.43. The Morgan fingerprint density at radius 3 is 2.73 bits per heavy atom. The van der Waals surface area contributed by atoms with Gasteiger partial charge >= 0.3 is 6.09 Å². The quantitative estimate of drug-likeness (QED) is 0.614.